The van der Waals surface area contributed by atoms with E-state index in [4.69, 9.17) is 0 Å². The first-order valence-corrected chi connectivity index (χ1v) is 9.73. The molecule has 7 heteroatoms. The van der Waals surface area contributed by atoms with Gasteiger partial charge in [-0.1, -0.05) is 15.9 Å². The summed E-state index contributed by atoms with van der Waals surface area (Å²) in [6.07, 6.45) is 3.97. The van der Waals surface area contributed by atoms with E-state index in [2.05, 4.69) is 40.4 Å². The lowest BCUT2D eigenvalue weighted by molar-refractivity contribution is 0.249. The SMILES string of the molecule is Cc1sc(-n2cccc2)c([C@@H](C)NC(=O)Nc2ccc(Br)cc2F)c1C. The highest BCUT2D eigenvalue weighted by atomic mass is 79.9. The summed E-state index contributed by atoms with van der Waals surface area (Å²) in [5, 5.41) is 6.55. The third kappa shape index (κ3) is 3.83. The van der Waals surface area contributed by atoms with Crippen LogP contribution in [-0.2, 0) is 0 Å². The summed E-state index contributed by atoms with van der Waals surface area (Å²) in [4.78, 5) is 13.6. The maximum atomic E-state index is 13.9. The van der Waals surface area contributed by atoms with Gasteiger partial charge in [0.05, 0.1) is 11.7 Å². The fourth-order valence-electron chi connectivity index (χ4n) is 2.82. The summed E-state index contributed by atoms with van der Waals surface area (Å²) in [5.74, 6) is -0.488. The van der Waals surface area contributed by atoms with Crippen molar-refractivity contribution in [2.75, 3.05) is 5.32 Å². The van der Waals surface area contributed by atoms with Crippen molar-refractivity contribution in [3.05, 3.63) is 69.0 Å². The molecule has 0 spiro atoms. The number of carbonyl (C=O) groups excluding carboxylic acids is 1. The summed E-state index contributed by atoms with van der Waals surface area (Å²) < 4.78 is 16.6. The summed E-state index contributed by atoms with van der Waals surface area (Å²) in [6.45, 7) is 6.05. The number of halogens is 2. The number of benzene rings is 1. The lowest BCUT2D eigenvalue weighted by atomic mass is 10.1. The second kappa shape index (κ2) is 7.63. The van der Waals surface area contributed by atoms with Gasteiger partial charge in [0.1, 0.15) is 10.8 Å². The Bertz CT molecular complexity index is 937. The lowest BCUT2D eigenvalue weighted by Crippen LogP contribution is -2.32. The van der Waals surface area contributed by atoms with Crippen LogP contribution in [0.3, 0.4) is 0 Å². The molecule has 136 valence electrons. The summed E-state index contributed by atoms with van der Waals surface area (Å²) in [6, 6.07) is 7.78. The molecule has 1 aromatic carbocycles. The van der Waals surface area contributed by atoms with E-state index in [0.29, 0.717) is 4.47 Å². The standard InChI is InChI=1S/C19H19BrFN3OS/c1-11-13(3)26-18(24-8-4-5-9-24)17(11)12(2)22-19(25)23-16-7-6-14(20)10-15(16)21/h4-10,12H,1-3H3,(H2,22,23,25)/t12-/m1/s1. The minimum atomic E-state index is -0.488. The number of hydrogen-bond donors (Lipinski definition) is 2. The lowest BCUT2D eigenvalue weighted by Gasteiger charge is -2.17. The fraction of sp³-hybridized carbons (Fsp3) is 0.211. The van der Waals surface area contributed by atoms with E-state index < -0.39 is 11.8 Å². The Morgan fingerprint density at radius 3 is 2.62 bits per heavy atom. The van der Waals surface area contributed by atoms with E-state index in [1.54, 1.807) is 17.4 Å². The minimum absolute atomic E-state index is 0.141. The van der Waals surface area contributed by atoms with Crippen LogP contribution in [0.4, 0.5) is 14.9 Å². The molecule has 0 saturated heterocycles. The topological polar surface area (TPSA) is 46.1 Å². The van der Waals surface area contributed by atoms with Crippen LogP contribution in [0.25, 0.3) is 5.00 Å². The van der Waals surface area contributed by atoms with Gasteiger partial charge in [-0.15, -0.1) is 11.3 Å². The zero-order chi connectivity index (χ0) is 18.8. The number of aromatic nitrogens is 1. The highest BCUT2D eigenvalue weighted by Gasteiger charge is 2.21. The Morgan fingerprint density at radius 2 is 1.96 bits per heavy atom. The van der Waals surface area contributed by atoms with E-state index in [9.17, 15) is 9.18 Å². The number of amides is 2. The quantitative estimate of drug-likeness (QED) is 0.523. The molecule has 0 radical (unpaired) electrons. The second-order valence-corrected chi connectivity index (χ2v) is 8.16. The number of urea groups is 1. The third-order valence-electron chi connectivity index (χ3n) is 4.21. The molecule has 1 atom stereocenters. The number of aryl methyl sites for hydroxylation is 1. The smallest absolute Gasteiger partial charge is 0.319 e. The van der Waals surface area contributed by atoms with Gasteiger partial charge in [0.25, 0.3) is 0 Å². The fourth-order valence-corrected chi connectivity index (χ4v) is 4.37. The first kappa shape index (κ1) is 18.7. The van der Waals surface area contributed by atoms with Gasteiger partial charge in [0, 0.05) is 27.3 Å². The number of anilines is 1. The Balaban J connectivity index is 1.80. The molecule has 0 saturated carbocycles. The maximum absolute atomic E-state index is 13.9. The van der Waals surface area contributed by atoms with Crippen molar-refractivity contribution in [3.8, 4) is 5.00 Å². The average molecular weight is 436 g/mol. The molecular weight excluding hydrogens is 417 g/mol. The Hall–Kier alpha value is -2.12. The molecule has 0 aliphatic carbocycles. The largest absolute Gasteiger partial charge is 0.331 e. The zero-order valence-electron chi connectivity index (χ0n) is 14.6. The molecule has 2 aromatic heterocycles. The highest BCUT2D eigenvalue weighted by molar-refractivity contribution is 9.10. The van der Waals surface area contributed by atoms with Crippen molar-refractivity contribution in [1.29, 1.82) is 0 Å². The molecule has 0 fully saturated rings. The number of hydrogen-bond acceptors (Lipinski definition) is 2. The molecule has 3 aromatic rings. The van der Waals surface area contributed by atoms with Crippen LogP contribution in [0.2, 0.25) is 0 Å². The maximum Gasteiger partial charge on any atom is 0.319 e. The van der Waals surface area contributed by atoms with Gasteiger partial charge in [0.15, 0.2) is 0 Å². The van der Waals surface area contributed by atoms with E-state index >= 15 is 0 Å². The third-order valence-corrected chi connectivity index (χ3v) is 5.94. The number of nitrogens with zero attached hydrogens (tertiary/aromatic N) is 1. The Morgan fingerprint density at radius 1 is 1.27 bits per heavy atom. The normalized spacial score (nSPS) is 12.0. The second-order valence-electron chi connectivity index (χ2n) is 6.04. The molecule has 0 aliphatic rings. The molecule has 26 heavy (non-hydrogen) atoms. The van der Waals surface area contributed by atoms with Crippen LogP contribution >= 0.6 is 27.3 Å². The monoisotopic (exact) mass is 435 g/mol. The predicted octanol–water partition coefficient (Wildman–Crippen LogP) is 5.94. The van der Waals surface area contributed by atoms with Crippen molar-refractivity contribution in [2.45, 2.75) is 26.8 Å². The molecule has 2 amide bonds. The van der Waals surface area contributed by atoms with Crippen LogP contribution in [0.5, 0.6) is 0 Å². The molecule has 0 bridgehead atoms. The first-order valence-electron chi connectivity index (χ1n) is 8.12. The van der Waals surface area contributed by atoms with Crippen LogP contribution < -0.4 is 10.6 Å². The highest BCUT2D eigenvalue weighted by Crippen LogP contribution is 2.35. The van der Waals surface area contributed by atoms with Gasteiger partial charge in [-0.05, 0) is 56.7 Å². The first-order chi connectivity index (χ1) is 12.4. The van der Waals surface area contributed by atoms with Gasteiger partial charge in [-0.2, -0.15) is 0 Å². The zero-order valence-corrected chi connectivity index (χ0v) is 17.0. The Kier molecular flexibility index (Phi) is 5.48. The Labute approximate surface area is 164 Å². The van der Waals surface area contributed by atoms with E-state index in [-0.39, 0.29) is 11.7 Å². The van der Waals surface area contributed by atoms with Crippen LogP contribution in [0, 0.1) is 19.7 Å². The van der Waals surface area contributed by atoms with Crippen LogP contribution in [-0.4, -0.2) is 10.6 Å². The summed E-state index contributed by atoms with van der Waals surface area (Å²) >= 11 is 4.89. The molecule has 2 N–H and O–H groups in total. The van der Waals surface area contributed by atoms with Crippen LogP contribution in [0.15, 0.2) is 47.2 Å². The summed E-state index contributed by atoms with van der Waals surface area (Å²) in [5.41, 5.74) is 2.36. The van der Waals surface area contributed by atoms with Crippen molar-refractivity contribution >= 4 is 39.0 Å². The molecular formula is C19H19BrFN3OS. The number of nitrogens with one attached hydrogen (secondary N) is 2. The molecule has 0 unspecified atom stereocenters. The van der Waals surface area contributed by atoms with E-state index in [1.165, 1.54) is 17.0 Å². The minimum Gasteiger partial charge on any atom is -0.331 e. The number of carbonyl (C=O) groups is 1. The molecule has 4 nitrogen and oxygen atoms in total. The molecule has 0 aliphatic heterocycles. The summed E-state index contributed by atoms with van der Waals surface area (Å²) in [7, 11) is 0. The van der Waals surface area contributed by atoms with E-state index in [0.717, 1.165) is 16.1 Å². The van der Waals surface area contributed by atoms with Gasteiger partial charge < -0.3 is 15.2 Å². The average Bonchev–Trinajstić information content (AvgIpc) is 3.19. The van der Waals surface area contributed by atoms with Crippen molar-refractivity contribution in [2.24, 2.45) is 0 Å². The van der Waals surface area contributed by atoms with Crippen molar-refractivity contribution in [3.63, 3.8) is 0 Å². The van der Waals surface area contributed by atoms with Crippen LogP contribution in [0.1, 0.15) is 29.0 Å². The van der Waals surface area contributed by atoms with Crippen molar-refractivity contribution in [1.82, 2.24) is 9.88 Å². The number of thiophene rings is 1. The van der Waals surface area contributed by atoms with Gasteiger partial charge >= 0.3 is 6.03 Å². The van der Waals surface area contributed by atoms with Gasteiger partial charge in [-0.3, -0.25) is 0 Å². The predicted molar refractivity (Wildman–Crippen MR) is 108 cm³/mol. The van der Waals surface area contributed by atoms with E-state index in [1.807, 2.05) is 36.0 Å². The van der Waals surface area contributed by atoms with Gasteiger partial charge in [-0.25, -0.2) is 9.18 Å². The molecule has 3 rings (SSSR count). The molecule has 2 heterocycles. The van der Waals surface area contributed by atoms with Crippen molar-refractivity contribution < 1.29 is 9.18 Å². The number of rotatable bonds is 4. The van der Waals surface area contributed by atoms with Gasteiger partial charge in [0.2, 0.25) is 0 Å².